The van der Waals surface area contributed by atoms with Gasteiger partial charge in [0.05, 0.1) is 18.8 Å². The van der Waals surface area contributed by atoms with Gasteiger partial charge in [0, 0.05) is 11.4 Å². The van der Waals surface area contributed by atoms with Gasteiger partial charge in [0.1, 0.15) is 12.6 Å². The summed E-state index contributed by atoms with van der Waals surface area (Å²) in [6.07, 6.45) is 1.93. The van der Waals surface area contributed by atoms with Gasteiger partial charge < -0.3 is 19.5 Å². The molecule has 0 aliphatic carbocycles. The van der Waals surface area contributed by atoms with Crippen molar-refractivity contribution in [1.29, 1.82) is 0 Å². The lowest BCUT2D eigenvalue weighted by molar-refractivity contribution is -0.143. The Labute approximate surface area is 228 Å². The lowest BCUT2D eigenvalue weighted by atomic mass is 9.95. The van der Waals surface area contributed by atoms with Gasteiger partial charge in [-0.1, -0.05) is 61.0 Å². The Bertz CT molecular complexity index is 1320. The Kier molecular flexibility index (Phi) is 8.99. The molecule has 1 atom stereocenters. The van der Waals surface area contributed by atoms with Gasteiger partial charge in [0.15, 0.2) is 11.5 Å². The van der Waals surface area contributed by atoms with Crippen LogP contribution in [0.4, 0.5) is 5.95 Å². The zero-order chi connectivity index (χ0) is 27.2. The van der Waals surface area contributed by atoms with E-state index in [2.05, 4.69) is 31.3 Å². The smallest absolute Gasteiger partial charge is 0.338 e. The van der Waals surface area contributed by atoms with Gasteiger partial charge in [-0.2, -0.15) is 4.98 Å². The summed E-state index contributed by atoms with van der Waals surface area (Å²) >= 11 is 1.61. The molecule has 1 N–H and O–H groups in total. The molecule has 1 aromatic heterocycles. The van der Waals surface area contributed by atoms with Crippen LogP contribution in [0.1, 0.15) is 63.3 Å². The van der Waals surface area contributed by atoms with E-state index in [9.17, 15) is 4.79 Å². The van der Waals surface area contributed by atoms with Crippen molar-refractivity contribution in [3.8, 4) is 11.5 Å². The summed E-state index contributed by atoms with van der Waals surface area (Å²) in [5, 5.41) is 8.71. The number of esters is 1. The second-order valence-corrected chi connectivity index (χ2v) is 10.6. The topological polar surface area (TPSA) is 87.5 Å². The van der Waals surface area contributed by atoms with Crippen LogP contribution < -0.4 is 14.8 Å². The number of fused-ring (bicyclic) bond motifs is 1. The van der Waals surface area contributed by atoms with Gasteiger partial charge in [-0.3, -0.25) is 0 Å². The van der Waals surface area contributed by atoms with Crippen LogP contribution in [0.3, 0.4) is 0 Å². The highest BCUT2D eigenvalue weighted by Crippen LogP contribution is 2.40. The van der Waals surface area contributed by atoms with Crippen molar-refractivity contribution in [2.75, 3.05) is 18.2 Å². The number of hydrogen-bond donors (Lipinski definition) is 1. The Morgan fingerprint density at radius 3 is 2.68 bits per heavy atom. The molecule has 0 saturated carbocycles. The second-order valence-electron chi connectivity index (χ2n) is 9.57. The molecule has 0 spiro atoms. The van der Waals surface area contributed by atoms with Crippen LogP contribution in [0.2, 0.25) is 0 Å². The summed E-state index contributed by atoms with van der Waals surface area (Å²) in [6, 6.07) is 13.4. The van der Waals surface area contributed by atoms with Crippen LogP contribution in [0, 0.1) is 6.92 Å². The zero-order valence-corrected chi connectivity index (χ0v) is 23.7. The van der Waals surface area contributed by atoms with E-state index in [4.69, 9.17) is 24.3 Å². The highest BCUT2D eigenvalue weighted by molar-refractivity contribution is 7.99. The third-order valence-corrected chi connectivity index (χ3v) is 7.03. The lowest BCUT2D eigenvalue weighted by Crippen LogP contribution is -2.30. The van der Waals surface area contributed by atoms with Gasteiger partial charge in [-0.25, -0.2) is 9.48 Å². The van der Waals surface area contributed by atoms with Crippen molar-refractivity contribution in [1.82, 2.24) is 14.8 Å². The highest BCUT2D eigenvalue weighted by Gasteiger charge is 2.36. The van der Waals surface area contributed by atoms with E-state index in [1.165, 1.54) is 5.56 Å². The molecule has 1 aliphatic heterocycles. The molecule has 0 fully saturated rings. The fourth-order valence-electron chi connectivity index (χ4n) is 4.29. The molecule has 0 saturated heterocycles. The van der Waals surface area contributed by atoms with E-state index < -0.39 is 12.0 Å². The van der Waals surface area contributed by atoms with Crippen molar-refractivity contribution in [2.24, 2.45) is 0 Å². The zero-order valence-electron chi connectivity index (χ0n) is 22.9. The number of anilines is 1. The Balaban J connectivity index is 1.70. The van der Waals surface area contributed by atoms with Gasteiger partial charge in [0.25, 0.3) is 0 Å². The number of unbranched alkanes of at least 4 members (excludes halogenated alkanes) is 1. The minimum absolute atomic E-state index is 0.257. The quantitative estimate of drug-likeness (QED) is 0.173. The SMILES string of the molecule is CCCCSc1nc2n(n1)C(c1ccc(OCc3cccc(C)c3)c(OC)c1)C(C(=O)OC(C)C)=C(C)N2. The predicted molar refractivity (Wildman–Crippen MR) is 150 cm³/mol. The summed E-state index contributed by atoms with van der Waals surface area (Å²) in [6.45, 7) is 10.2. The molecule has 8 nitrogen and oxygen atoms in total. The second kappa shape index (κ2) is 12.4. The number of carbonyl (C=O) groups excluding carboxylic acids is 1. The maximum Gasteiger partial charge on any atom is 0.338 e. The van der Waals surface area contributed by atoms with Crippen LogP contribution in [-0.4, -0.2) is 39.7 Å². The van der Waals surface area contributed by atoms with Crippen LogP contribution in [0.15, 0.2) is 58.9 Å². The molecule has 4 rings (SSSR count). The number of ether oxygens (including phenoxy) is 3. The average molecular weight is 537 g/mol. The molecule has 9 heteroatoms. The van der Waals surface area contributed by atoms with Crippen LogP contribution in [-0.2, 0) is 16.1 Å². The molecule has 2 aromatic carbocycles. The largest absolute Gasteiger partial charge is 0.493 e. The van der Waals surface area contributed by atoms with E-state index in [0.717, 1.165) is 29.7 Å². The number of allylic oxidation sites excluding steroid dienone is 1. The first-order chi connectivity index (χ1) is 18.3. The maximum atomic E-state index is 13.3. The first-order valence-corrected chi connectivity index (χ1v) is 13.9. The Hall–Kier alpha value is -3.46. The summed E-state index contributed by atoms with van der Waals surface area (Å²) < 4.78 is 19.2. The molecule has 1 aliphatic rings. The maximum absolute atomic E-state index is 13.3. The first kappa shape index (κ1) is 27.6. The van der Waals surface area contributed by atoms with Gasteiger partial charge >= 0.3 is 5.97 Å². The standard InChI is InChI=1S/C29H36N4O4S/c1-7-8-14-38-29-31-28-30-20(5)25(27(34)37-18(2)3)26(33(28)32-29)22-12-13-23(24(16-22)35-6)36-17-21-11-9-10-19(4)15-21/h9-13,15-16,18,26H,7-8,14,17H2,1-6H3,(H,30,31,32). The van der Waals surface area contributed by atoms with Crippen LogP contribution in [0.5, 0.6) is 11.5 Å². The van der Waals surface area contributed by atoms with Crippen molar-refractivity contribution in [3.05, 3.63) is 70.4 Å². The van der Waals surface area contributed by atoms with Crippen molar-refractivity contribution < 1.29 is 19.0 Å². The van der Waals surface area contributed by atoms with E-state index in [-0.39, 0.29) is 6.10 Å². The minimum Gasteiger partial charge on any atom is -0.493 e. The fourth-order valence-corrected chi connectivity index (χ4v) is 5.20. The summed E-state index contributed by atoms with van der Waals surface area (Å²) in [5.74, 6) is 2.32. The first-order valence-electron chi connectivity index (χ1n) is 12.9. The molecule has 38 heavy (non-hydrogen) atoms. The molecular formula is C29H36N4O4S. The van der Waals surface area contributed by atoms with E-state index in [1.807, 2.05) is 51.1 Å². The van der Waals surface area contributed by atoms with Crippen molar-refractivity contribution in [2.45, 2.75) is 71.4 Å². The van der Waals surface area contributed by atoms with Gasteiger partial charge in [-0.05, 0) is 57.4 Å². The number of rotatable bonds is 11. The van der Waals surface area contributed by atoms with Crippen LogP contribution >= 0.6 is 11.8 Å². The monoisotopic (exact) mass is 536 g/mol. The normalized spacial score (nSPS) is 14.8. The molecule has 2 heterocycles. The molecule has 3 aromatic rings. The summed E-state index contributed by atoms with van der Waals surface area (Å²) in [4.78, 5) is 18.0. The molecule has 0 amide bonds. The molecule has 0 bridgehead atoms. The summed E-state index contributed by atoms with van der Waals surface area (Å²) in [5.41, 5.74) is 4.24. The molecule has 1 unspecified atom stereocenters. The molecule has 202 valence electrons. The Morgan fingerprint density at radius 1 is 1.16 bits per heavy atom. The van der Waals surface area contributed by atoms with Crippen LogP contribution in [0.25, 0.3) is 0 Å². The third-order valence-electron chi connectivity index (χ3n) is 6.11. The number of nitrogens with one attached hydrogen (secondary N) is 1. The average Bonchev–Trinajstić information content (AvgIpc) is 3.28. The van der Waals surface area contributed by atoms with E-state index in [1.54, 1.807) is 23.6 Å². The highest BCUT2D eigenvalue weighted by atomic mass is 32.2. The molecule has 0 radical (unpaired) electrons. The predicted octanol–water partition coefficient (Wildman–Crippen LogP) is 6.31. The fraction of sp³-hybridized carbons (Fsp3) is 0.414. The number of methoxy groups -OCH3 is 1. The van der Waals surface area contributed by atoms with E-state index in [0.29, 0.717) is 40.5 Å². The number of aromatic nitrogens is 3. The lowest BCUT2D eigenvalue weighted by Gasteiger charge is -2.29. The Morgan fingerprint density at radius 2 is 1.97 bits per heavy atom. The third kappa shape index (κ3) is 6.32. The van der Waals surface area contributed by atoms with Crippen molar-refractivity contribution >= 4 is 23.7 Å². The number of carbonyl (C=O) groups is 1. The minimum atomic E-state index is -0.537. The number of hydrogen-bond acceptors (Lipinski definition) is 8. The number of thioether (sulfide) groups is 1. The molecular weight excluding hydrogens is 500 g/mol. The van der Waals surface area contributed by atoms with E-state index >= 15 is 0 Å². The van der Waals surface area contributed by atoms with Gasteiger partial charge in [-0.15, -0.1) is 5.10 Å². The summed E-state index contributed by atoms with van der Waals surface area (Å²) in [7, 11) is 1.61. The number of benzene rings is 2. The number of aryl methyl sites for hydroxylation is 1. The number of nitrogens with zero attached hydrogens (tertiary/aromatic N) is 3. The van der Waals surface area contributed by atoms with Gasteiger partial charge in [0.2, 0.25) is 11.1 Å². The van der Waals surface area contributed by atoms with Crippen molar-refractivity contribution in [3.63, 3.8) is 0 Å².